The van der Waals surface area contributed by atoms with Gasteiger partial charge in [-0.05, 0) is 19.1 Å². The second-order valence-electron chi connectivity index (χ2n) is 2.96. The first-order valence-electron chi connectivity index (χ1n) is 4.62. The Bertz CT molecular complexity index is 346. The maximum atomic E-state index is 11.4. The number of aliphatic hydroxyl groups is 1. The topological polar surface area (TPSA) is 55.8 Å². The van der Waals surface area contributed by atoms with Crippen LogP contribution in [0.25, 0.3) is 0 Å². The van der Waals surface area contributed by atoms with Gasteiger partial charge in [-0.25, -0.2) is 0 Å². The van der Waals surface area contributed by atoms with E-state index in [-0.39, 0.29) is 19.0 Å². The van der Waals surface area contributed by atoms with Gasteiger partial charge < -0.3 is 14.6 Å². The minimum absolute atomic E-state index is 0.0887. The molecule has 15 heavy (non-hydrogen) atoms. The first kappa shape index (κ1) is 11.5. The summed E-state index contributed by atoms with van der Waals surface area (Å²) in [6, 6.07) is 5.11. The Kier molecular flexibility index (Phi) is 4.12. The third kappa shape index (κ3) is 2.70. The van der Waals surface area contributed by atoms with Crippen LogP contribution >= 0.6 is 0 Å². The predicted octanol–water partition coefficient (Wildman–Crippen LogP) is 1.27. The van der Waals surface area contributed by atoms with Crippen LogP contribution in [0, 0.1) is 0 Å². The number of methoxy groups -OCH3 is 1. The van der Waals surface area contributed by atoms with Gasteiger partial charge in [-0.3, -0.25) is 4.79 Å². The fraction of sp³-hybridized carbons (Fsp3) is 0.364. The molecule has 1 aromatic carbocycles. The normalized spacial score (nSPS) is 9.80. The third-order valence-corrected chi connectivity index (χ3v) is 1.91. The Labute approximate surface area is 88.4 Å². The molecule has 82 valence electrons. The van der Waals surface area contributed by atoms with Crippen molar-refractivity contribution in [1.29, 1.82) is 0 Å². The number of aliphatic hydroxyl groups excluding tert-OH is 1. The van der Waals surface area contributed by atoms with E-state index in [9.17, 15) is 4.79 Å². The largest absolute Gasteiger partial charge is 0.496 e. The number of hydrogen-bond acceptors (Lipinski definition) is 4. The molecule has 4 nitrogen and oxygen atoms in total. The van der Waals surface area contributed by atoms with Crippen molar-refractivity contribution in [3.05, 3.63) is 23.8 Å². The molecule has 0 aromatic heterocycles. The van der Waals surface area contributed by atoms with E-state index in [4.69, 9.17) is 14.6 Å². The average molecular weight is 210 g/mol. The highest BCUT2D eigenvalue weighted by Crippen LogP contribution is 2.28. The molecule has 0 aliphatic heterocycles. The molecule has 0 fully saturated rings. The van der Waals surface area contributed by atoms with E-state index >= 15 is 0 Å². The Morgan fingerprint density at radius 3 is 2.60 bits per heavy atom. The van der Waals surface area contributed by atoms with Crippen molar-refractivity contribution in [3.8, 4) is 11.5 Å². The smallest absolute Gasteiger partial charge is 0.167 e. The van der Waals surface area contributed by atoms with Gasteiger partial charge in [0.1, 0.15) is 23.7 Å². The van der Waals surface area contributed by atoms with E-state index in [2.05, 4.69) is 0 Å². The summed E-state index contributed by atoms with van der Waals surface area (Å²) in [5, 5.41) is 8.64. The van der Waals surface area contributed by atoms with Gasteiger partial charge in [0.2, 0.25) is 0 Å². The van der Waals surface area contributed by atoms with Crippen LogP contribution in [-0.2, 0) is 0 Å². The van der Waals surface area contributed by atoms with Crippen LogP contribution in [-0.4, -0.2) is 31.2 Å². The number of hydrogen-bond donors (Lipinski definition) is 1. The summed E-state index contributed by atoms with van der Waals surface area (Å²) in [7, 11) is 1.50. The molecular weight excluding hydrogens is 196 g/mol. The lowest BCUT2D eigenvalue weighted by molar-refractivity contribution is 0.100. The van der Waals surface area contributed by atoms with Gasteiger partial charge in [0, 0.05) is 0 Å². The van der Waals surface area contributed by atoms with Crippen molar-refractivity contribution in [2.45, 2.75) is 6.92 Å². The molecule has 0 atom stereocenters. The van der Waals surface area contributed by atoms with Crippen molar-refractivity contribution in [1.82, 2.24) is 0 Å². The Hall–Kier alpha value is -1.55. The fourth-order valence-electron chi connectivity index (χ4n) is 1.30. The highest BCUT2D eigenvalue weighted by Gasteiger charge is 2.14. The number of ketones is 1. The van der Waals surface area contributed by atoms with Gasteiger partial charge in [0.05, 0.1) is 13.7 Å². The van der Waals surface area contributed by atoms with Gasteiger partial charge in [-0.1, -0.05) is 6.07 Å². The van der Waals surface area contributed by atoms with Crippen LogP contribution in [0.2, 0.25) is 0 Å². The average Bonchev–Trinajstić information content (AvgIpc) is 2.25. The van der Waals surface area contributed by atoms with Crippen LogP contribution in [0.15, 0.2) is 18.2 Å². The molecule has 1 rings (SSSR count). The number of Topliss-reactive ketones (excluding diaryl/α,β-unsaturated/α-hetero) is 1. The van der Waals surface area contributed by atoms with Crippen LogP contribution < -0.4 is 9.47 Å². The molecule has 0 saturated carbocycles. The minimum atomic E-state index is -0.125. The summed E-state index contributed by atoms with van der Waals surface area (Å²) in [4.78, 5) is 11.4. The number of benzene rings is 1. The lowest BCUT2D eigenvalue weighted by Gasteiger charge is -2.11. The van der Waals surface area contributed by atoms with Gasteiger partial charge >= 0.3 is 0 Å². The molecule has 0 unspecified atom stereocenters. The van der Waals surface area contributed by atoms with Gasteiger partial charge in [-0.2, -0.15) is 0 Å². The number of ether oxygens (including phenoxy) is 2. The maximum absolute atomic E-state index is 11.4. The predicted molar refractivity (Wildman–Crippen MR) is 55.6 cm³/mol. The SMILES string of the molecule is COc1cccc(OCCO)c1C(C)=O. The highest BCUT2D eigenvalue weighted by molar-refractivity contribution is 5.99. The molecule has 0 aliphatic carbocycles. The Morgan fingerprint density at radius 1 is 1.40 bits per heavy atom. The monoisotopic (exact) mass is 210 g/mol. The number of rotatable bonds is 5. The Morgan fingerprint density at radius 2 is 2.07 bits per heavy atom. The molecule has 0 aliphatic rings. The first-order chi connectivity index (χ1) is 7.20. The van der Waals surface area contributed by atoms with Crippen molar-refractivity contribution in [3.63, 3.8) is 0 Å². The summed E-state index contributed by atoms with van der Waals surface area (Å²) in [6.07, 6.45) is 0. The molecule has 0 spiro atoms. The third-order valence-electron chi connectivity index (χ3n) is 1.91. The van der Waals surface area contributed by atoms with Crippen LogP contribution in [0.3, 0.4) is 0 Å². The highest BCUT2D eigenvalue weighted by atomic mass is 16.5. The van der Waals surface area contributed by atoms with Gasteiger partial charge in [0.15, 0.2) is 5.78 Å². The van der Waals surface area contributed by atoms with Crippen molar-refractivity contribution in [2.75, 3.05) is 20.3 Å². The van der Waals surface area contributed by atoms with Crippen molar-refractivity contribution in [2.24, 2.45) is 0 Å². The number of carbonyl (C=O) groups excluding carboxylic acids is 1. The molecule has 1 aromatic rings. The molecule has 1 N–H and O–H groups in total. The van der Waals surface area contributed by atoms with Crippen LogP contribution in [0.5, 0.6) is 11.5 Å². The van der Waals surface area contributed by atoms with E-state index in [0.717, 1.165) is 0 Å². The van der Waals surface area contributed by atoms with E-state index < -0.39 is 0 Å². The van der Waals surface area contributed by atoms with E-state index in [1.165, 1.54) is 14.0 Å². The summed E-state index contributed by atoms with van der Waals surface area (Å²) in [6.45, 7) is 1.52. The lowest BCUT2D eigenvalue weighted by Crippen LogP contribution is -2.07. The zero-order valence-corrected chi connectivity index (χ0v) is 8.82. The molecular formula is C11H14O4. The second-order valence-corrected chi connectivity index (χ2v) is 2.96. The quantitative estimate of drug-likeness (QED) is 0.743. The van der Waals surface area contributed by atoms with Gasteiger partial charge in [-0.15, -0.1) is 0 Å². The first-order valence-corrected chi connectivity index (χ1v) is 4.62. The van der Waals surface area contributed by atoms with Crippen molar-refractivity contribution < 1.29 is 19.4 Å². The van der Waals surface area contributed by atoms with Crippen LogP contribution in [0.4, 0.5) is 0 Å². The maximum Gasteiger partial charge on any atom is 0.167 e. The summed E-state index contributed by atoms with van der Waals surface area (Å²) < 4.78 is 10.3. The standard InChI is InChI=1S/C11H14O4/c1-8(13)11-9(14-2)4-3-5-10(11)15-7-6-12/h3-5,12H,6-7H2,1-2H3. The van der Waals surface area contributed by atoms with E-state index in [0.29, 0.717) is 17.1 Å². The molecule has 0 amide bonds. The van der Waals surface area contributed by atoms with E-state index in [1.54, 1.807) is 18.2 Å². The molecule has 0 saturated heterocycles. The molecule has 0 heterocycles. The number of carbonyl (C=O) groups is 1. The summed E-state index contributed by atoms with van der Waals surface area (Å²) >= 11 is 0. The summed E-state index contributed by atoms with van der Waals surface area (Å²) in [5.74, 6) is 0.800. The Balaban J connectivity index is 3.07. The van der Waals surface area contributed by atoms with Crippen LogP contribution in [0.1, 0.15) is 17.3 Å². The van der Waals surface area contributed by atoms with Crippen molar-refractivity contribution >= 4 is 5.78 Å². The molecule has 0 bridgehead atoms. The minimum Gasteiger partial charge on any atom is -0.496 e. The van der Waals surface area contributed by atoms with Gasteiger partial charge in [0.25, 0.3) is 0 Å². The fourth-order valence-corrected chi connectivity index (χ4v) is 1.30. The zero-order chi connectivity index (χ0) is 11.3. The zero-order valence-electron chi connectivity index (χ0n) is 8.82. The summed E-state index contributed by atoms with van der Waals surface area (Å²) in [5.41, 5.74) is 0.411. The second kappa shape index (κ2) is 5.36. The van der Waals surface area contributed by atoms with E-state index in [1.807, 2.05) is 0 Å². The molecule has 0 radical (unpaired) electrons. The molecule has 4 heteroatoms. The lowest BCUT2D eigenvalue weighted by atomic mass is 10.1.